The Labute approximate surface area is 138 Å². The summed E-state index contributed by atoms with van der Waals surface area (Å²) in [5.74, 6) is -0.0232. The first-order chi connectivity index (χ1) is 11.2. The van der Waals surface area contributed by atoms with Crippen molar-refractivity contribution in [3.8, 4) is 0 Å². The van der Waals surface area contributed by atoms with Gasteiger partial charge in [-0.05, 0) is 42.7 Å². The van der Waals surface area contributed by atoms with Crippen LogP contribution >= 0.6 is 0 Å². The van der Waals surface area contributed by atoms with Crippen LogP contribution in [0, 0.1) is 0 Å². The maximum absolute atomic E-state index is 12.0. The number of hydrogen-bond acceptors (Lipinski definition) is 3. The molecule has 0 aliphatic carbocycles. The monoisotopic (exact) mass is 311 g/mol. The van der Waals surface area contributed by atoms with Crippen LogP contribution in [0.5, 0.6) is 0 Å². The van der Waals surface area contributed by atoms with Gasteiger partial charge in [0.2, 0.25) is 0 Å². The number of nitrogens with zero attached hydrogens (tertiary/aromatic N) is 1. The predicted molar refractivity (Wildman–Crippen MR) is 95.6 cm³/mol. The molecule has 2 aromatic rings. The second-order valence-corrected chi connectivity index (χ2v) is 5.62. The Bertz CT molecular complexity index is 596. The van der Waals surface area contributed by atoms with Crippen molar-refractivity contribution in [3.05, 3.63) is 65.7 Å². The highest BCUT2D eigenvalue weighted by atomic mass is 16.1. The Kier molecular flexibility index (Phi) is 6.63. The second kappa shape index (κ2) is 8.96. The average molecular weight is 311 g/mol. The molecule has 0 aliphatic heterocycles. The maximum Gasteiger partial charge on any atom is 0.251 e. The molecule has 0 saturated carbocycles. The molecule has 0 fully saturated rings. The smallest absolute Gasteiger partial charge is 0.251 e. The van der Waals surface area contributed by atoms with E-state index in [0.717, 1.165) is 24.9 Å². The van der Waals surface area contributed by atoms with Gasteiger partial charge >= 0.3 is 0 Å². The zero-order valence-corrected chi connectivity index (χ0v) is 13.7. The molecule has 0 bridgehead atoms. The summed E-state index contributed by atoms with van der Waals surface area (Å²) in [6.07, 6.45) is 2.00. The number of hydrogen-bond donors (Lipinski definition) is 2. The lowest BCUT2D eigenvalue weighted by molar-refractivity contribution is 0.0953. The van der Waals surface area contributed by atoms with Gasteiger partial charge in [0, 0.05) is 37.9 Å². The van der Waals surface area contributed by atoms with Gasteiger partial charge in [-0.2, -0.15) is 0 Å². The van der Waals surface area contributed by atoms with Crippen molar-refractivity contribution in [2.75, 3.05) is 25.0 Å². The lowest BCUT2D eigenvalue weighted by atomic mass is 10.1. The fourth-order valence-electron chi connectivity index (χ4n) is 2.38. The minimum atomic E-state index is -0.0232. The highest BCUT2D eigenvalue weighted by molar-refractivity contribution is 5.94. The van der Waals surface area contributed by atoms with E-state index in [1.165, 1.54) is 5.69 Å². The minimum Gasteiger partial charge on any atom is -0.375 e. The lowest BCUT2D eigenvalue weighted by Crippen LogP contribution is -2.25. The minimum absolute atomic E-state index is 0.0232. The van der Waals surface area contributed by atoms with Gasteiger partial charge in [-0.15, -0.1) is 0 Å². The molecule has 0 saturated heterocycles. The molecule has 3 N–H and O–H groups in total. The lowest BCUT2D eigenvalue weighted by Gasteiger charge is -2.19. The fourth-order valence-corrected chi connectivity index (χ4v) is 2.38. The van der Waals surface area contributed by atoms with Gasteiger partial charge in [-0.3, -0.25) is 4.79 Å². The van der Waals surface area contributed by atoms with Gasteiger partial charge < -0.3 is 16.0 Å². The van der Waals surface area contributed by atoms with Crippen molar-refractivity contribution in [3.63, 3.8) is 0 Å². The van der Waals surface area contributed by atoms with Crippen LogP contribution < -0.4 is 16.0 Å². The number of anilines is 1. The summed E-state index contributed by atoms with van der Waals surface area (Å²) in [6, 6.07) is 17.7. The Balaban J connectivity index is 1.65. The molecule has 0 radical (unpaired) electrons. The van der Waals surface area contributed by atoms with E-state index < -0.39 is 0 Å². The van der Waals surface area contributed by atoms with Gasteiger partial charge in [0.1, 0.15) is 0 Å². The zero-order chi connectivity index (χ0) is 16.5. The third-order valence-electron chi connectivity index (χ3n) is 3.85. The van der Waals surface area contributed by atoms with Gasteiger partial charge in [-0.25, -0.2) is 0 Å². The number of rotatable bonds is 8. The molecule has 0 atom stereocenters. The molecule has 0 unspecified atom stereocenters. The van der Waals surface area contributed by atoms with E-state index in [2.05, 4.69) is 29.4 Å². The number of carbonyl (C=O) groups excluding carboxylic acids is 1. The van der Waals surface area contributed by atoms with Gasteiger partial charge in [-0.1, -0.05) is 30.3 Å². The standard InChI is InChI=1S/C19H25N3O/c1-22(18-7-3-2-4-8-18)14-6-5-13-21-19(23)17-11-9-16(15-20)10-12-17/h2-4,7-12H,5-6,13-15,20H2,1H3,(H,21,23). The summed E-state index contributed by atoms with van der Waals surface area (Å²) in [6.45, 7) is 2.17. The second-order valence-electron chi connectivity index (χ2n) is 5.62. The van der Waals surface area contributed by atoms with Crippen LogP contribution in [0.4, 0.5) is 5.69 Å². The van der Waals surface area contributed by atoms with Crippen molar-refractivity contribution >= 4 is 11.6 Å². The molecule has 4 nitrogen and oxygen atoms in total. The number of benzene rings is 2. The molecule has 4 heteroatoms. The number of para-hydroxylation sites is 1. The van der Waals surface area contributed by atoms with Crippen molar-refractivity contribution in [2.45, 2.75) is 19.4 Å². The van der Waals surface area contributed by atoms with E-state index in [-0.39, 0.29) is 5.91 Å². The summed E-state index contributed by atoms with van der Waals surface area (Å²) < 4.78 is 0. The molecule has 2 aromatic carbocycles. The summed E-state index contributed by atoms with van der Waals surface area (Å²) in [5, 5.41) is 2.96. The zero-order valence-electron chi connectivity index (χ0n) is 13.7. The van der Waals surface area contributed by atoms with Crippen LogP contribution in [0.1, 0.15) is 28.8 Å². The van der Waals surface area contributed by atoms with E-state index in [0.29, 0.717) is 18.7 Å². The SMILES string of the molecule is CN(CCCCNC(=O)c1ccc(CN)cc1)c1ccccc1. The van der Waals surface area contributed by atoms with Crippen molar-refractivity contribution in [2.24, 2.45) is 5.73 Å². The first kappa shape index (κ1) is 17.0. The number of carbonyl (C=O) groups is 1. The quantitative estimate of drug-likeness (QED) is 0.737. The topological polar surface area (TPSA) is 58.4 Å². The molecule has 23 heavy (non-hydrogen) atoms. The molecule has 0 spiro atoms. The summed E-state index contributed by atoms with van der Waals surface area (Å²) >= 11 is 0. The van der Waals surface area contributed by atoms with E-state index in [1.807, 2.05) is 42.5 Å². The van der Waals surface area contributed by atoms with E-state index in [4.69, 9.17) is 5.73 Å². The number of nitrogens with one attached hydrogen (secondary N) is 1. The Morgan fingerprint density at radius 3 is 2.39 bits per heavy atom. The third kappa shape index (κ3) is 5.42. The van der Waals surface area contributed by atoms with Crippen molar-refractivity contribution in [1.82, 2.24) is 5.32 Å². The van der Waals surface area contributed by atoms with Crippen LogP contribution in [0.25, 0.3) is 0 Å². The summed E-state index contributed by atoms with van der Waals surface area (Å²) in [7, 11) is 2.09. The first-order valence-electron chi connectivity index (χ1n) is 8.04. The molecule has 2 rings (SSSR count). The highest BCUT2D eigenvalue weighted by Gasteiger charge is 2.04. The third-order valence-corrected chi connectivity index (χ3v) is 3.85. The molecule has 0 aliphatic rings. The summed E-state index contributed by atoms with van der Waals surface area (Å²) in [4.78, 5) is 14.2. The van der Waals surface area contributed by atoms with Crippen LogP contribution in [0.2, 0.25) is 0 Å². The Morgan fingerprint density at radius 2 is 1.74 bits per heavy atom. The van der Waals surface area contributed by atoms with Crippen molar-refractivity contribution in [1.29, 1.82) is 0 Å². The molecule has 122 valence electrons. The highest BCUT2D eigenvalue weighted by Crippen LogP contribution is 2.11. The van der Waals surface area contributed by atoms with E-state index >= 15 is 0 Å². The normalized spacial score (nSPS) is 10.3. The molecular weight excluding hydrogens is 286 g/mol. The predicted octanol–water partition coefficient (Wildman–Crippen LogP) is 2.79. The first-order valence-corrected chi connectivity index (χ1v) is 8.04. The molecular formula is C19H25N3O. The van der Waals surface area contributed by atoms with Crippen molar-refractivity contribution < 1.29 is 4.79 Å². The van der Waals surface area contributed by atoms with E-state index in [9.17, 15) is 4.79 Å². The number of nitrogens with two attached hydrogens (primary N) is 1. The van der Waals surface area contributed by atoms with Crippen LogP contribution in [-0.4, -0.2) is 26.0 Å². The fraction of sp³-hybridized carbons (Fsp3) is 0.316. The van der Waals surface area contributed by atoms with Gasteiger partial charge in [0.05, 0.1) is 0 Å². The molecule has 0 aromatic heterocycles. The number of amides is 1. The Morgan fingerprint density at radius 1 is 1.04 bits per heavy atom. The van der Waals surface area contributed by atoms with E-state index in [1.54, 1.807) is 0 Å². The van der Waals surface area contributed by atoms with Crippen LogP contribution in [0.3, 0.4) is 0 Å². The van der Waals surface area contributed by atoms with Crippen LogP contribution in [0.15, 0.2) is 54.6 Å². The largest absolute Gasteiger partial charge is 0.375 e. The average Bonchev–Trinajstić information content (AvgIpc) is 2.62. The van der Waals surface area contributed by atoms with Gasteiger partial charge in [0.15, 0.2) is 0 Å². The van der Waals surface area contributed by atoms with Crippen LogP contribution in [-0.2, 0) is 6.54 Å². The van der Waals surface area contributed by atoms with Gasteiger partial charge in [0.25, 0.3) is 5.91 Å². The number of unbranched alkanes of at least 4 members (excludes halogenated alkanes) is 1. The summed E-state index contributed by atoms with van der Waals surface area (Å²) in [5.41, 5.74) is 8.49. The molecule has 0 heterocycles. The molecule has 1 amide bonds. The maximum atomic E-state index is 12.0. The Hall–Kier alpha value is -2.33.